The Morgan fingerprint density at radius 3 is 2.47 bits per heavy atom. The molecule has 0 aliphatic heterocycles. The number of aromatic nitrogens is 2. The van der Waals surface area contributed by atoms with Crippen LogP contribution in [0, 0.1) is 0 Å². The van der Waals surface area contributed by atoms with Crippen molar-refractivity contribution in [1.82, 2.24) is 14.7 Å². The number of ether oxygens (including phenoxy) is 1. The van der Waals surface area contributed by atoms with Crippen molar-refractivity contribution in [3.05, 3.63) is 78.8 Å². The lowest BCUT2D eigenvalue weighted by Gasteiger charge is -2.17. The average Bonchev–Trinajstić information content (AvgIpc) is 2.72. The molecule has 30 heavy (non-hydrogen) atoms. The highest BCUT2D eigenvalue weighted by atomic mass is 35.5. The summed E-state index contributed by atoms with van der Waals surface area (Å²) in [7, 11) is 1.55. The fourth-order valence-corrected chi connectivity index (χ4v) is 3.11. The van der Waals surface area contributed by atoms with Crippen LogP contribution in [0.25, 0.3) is 10.8 Å². The molecule has 2 aromatic carbocycles. The van der Waals surface area contributed by atoms with Gasteiger partial charge in [-0.3, -0.25) is 24.3 Å². The Morgan fingerprint density at radius 1 is 1.07 bits per heavy atom. The zero-order valence-corrected chi connectivity index (χ0v) is 17.4. The quantitative estimate of drug-likeness (QED) is 0.581. The van der Waals surface area contributed by atoms with Crippen LogP contribution in [-0.2, 0) is 27.4 Å². The summed E-state index contributed by atoms with van der Waals surface area (Å²) in [4.78, 5) is 50.1. The van der Waals surface area contributed by atoms with Gasteiger partial charge in [0.15, 0.2) is 6.61 Å². The van der Waals surface area contributed by atoms with Gasteiger partial charge in [0.1, 0.15) is 6.54 Å². The van der Waals surface area contributed by atoms with E-state index in [0.29, 0.717) is 10.0 Å². The second-order valence-electron chi connectivity index (χ2n) is 6.54. The maximum atomic E-state index is 12.4. The van der Waals surface area contributed by atoms with Gasteiger partial charge in [-0.05, 0) is 29.8 Å². The molecular formula is C20H17Cl2N3O5. The zero-order valence-electron chi connectivity index (χ0n) is 15.9. The average molecular weight is 450 g/mol. The molecule has 0 atom stereocenters. The van der Waals surface area contributed by atoms with E-state index >= 15 is 0 Å². The Labute approximate surface area is 180 Å². The third kappa shape index (κ3) is 4.90. The summed E-state index contributed by atoms with van der Waals surface area (Å²) >= 11 is 11.8. The number of nitrogens with one attached hydrogen (secondary N) is 1. The lowest BCUT2D eigenvalue weighted by atomic mass is 10.2. The van der Waals surface area contributed by atoms with Crippen molar-refractivity contribution < 1.29 is 14.3 Å². The Balaban J connectivity index is 1.60. The molecule has 0 saturated carbocycles. The Morgan fingerprint density at radius 2 is 1.77 bits per heavy atom. The first kappa shape index (κ1) is 21.6. The molecule has 3 rings (SSSR count). The third-order valence-corrected chi connectivity index (χ3v) is 5.10. The number of benzene rings is 2. The van der Waals surface area contributed by atoms with Gasteiger partial charge >= 0.3 is 5.97 Å². The van der Waals surface area contributed by atoms with Crippen LogP contribution < -0.4 is 11.1 Å². The van der Waals surface area contributed by atoms with Gasteiger partial charge in [-0.25, -0.2) is 4.68 Å². The van der Waals surface area contributed by atoms with Crippen LogP contribution in [0.15, 0.2) is 52.1 Å². The van der Waals surface area contributed by atoms with E-state index in [1.54, 1.807) is 37.4 Å². The van der Waals surface area contributed by atoms with Gasteiger partial charge in [-0.2, -0.15) is 0 Å². The molecule has 0 spiro atoms. The summed E-state index contributed by atoms with van der Waals surface area (Å²) in [6.45, 7) is -0.795. The summed E-state index contributed by atoms with van der Waals surface area (Å²) in [5, 5.41) is 3.53. The third-order valence-electron chi connectivity index (χ3n) is 4.36. The number of H-pyrrole nitrogens is 1. The number of likely N-dealkylation sites (N-methyl/N-ethyl adjacent to an activating group) is 1. The number of hydrogen-bond donors (Lipinski definition) is 1. The molecule has 0 aliphatic carbocycles. The van der Waals surface area contributed by atoms with Gasteiger partial charge < -0.3 is 9.64 Å². The van der Waals surface area contributed by atoms with Crippen molar-refractivity contribution in [2.75, 3.05) is 13.7 Å². The van der Waals surface area contributed by atoms with E-state index in [0.717, 1.165) is 10.2 Å². The number of hydrogen-bond acceptors (Lipinski definition) is 5. The SMILES string of the molecule is CN(Cc1ccc(Cl)c(Cl)c1)C(=O)COC(=O)Cn1[nH]c(=O)c2ccccc2c1=O. The highest BCUT2D eigenvalue weighted by Gasteiger charge is 2.15. The maximum Gasteiger partial charge on any atom is 0.328 e. The minimum absolute atomic E-state index is 0.187. The molecule has 0 aliphatic rings. The fourth-order valence-electron chi connectivity index (χ4n) is 2.79. The molecule has 0 saturated heterocycles. The predicted octanol–water partition coefficient (Wildman–Crippen LogP) is 2.20. The summed E-state index contributed by atoms with van der Waals surface area (Å²) in [6, 6.07) is 11.3. The number of fused-ring (bicyclic) bond motifs is 1. The lowest BCUT2D eigenvalue weighted by Crippen LogP contribution is -2.35. The molecule has 8 nitrogen and oxygen atoms in total. The molecule has 3 aromatic rings. The Bertz CT molecular complexity index is 1240. The van der Waals surface area contributed by atoms with Crippen molar-refractivity contribution in [3.8, 4) is 0 Å². The van der Waals surface area contributed by atoms with Crippen molar-refractivity contribution in [3.63, 3.8) is 0 Å². The van der Waals surface area contributed by atoms with E-state index in [1.807, 2.05) is 0 Å². The first-order chi connectivity index (χ1) is 14.3. The molecule has 1 heterocycles. The van der Waals surface area contributed by atoms with E-state index in [9.17, 15) is 19.2 Å². The van der Waals surface area contributed by atoms with Gasteiger partial charge in [0.2, 0.25) is 0 Å². The van der Waals surface area contributed by atoms with Crippen LogP contribution >= 0.6 is 23.2 Å². The van der Waals surface area contributed by atoms with Gasteiger partial charge in [0.25, 0.3) is 17.0 Å². The van der Waals surface area contributed by atoms with Gasteiger partial charge in [0.05, 0.1) is 20.8 Å². The molecule has 0 fully saturated rings. The predicted molar refractivity (Wildman–Crippen MR) is 113 cm³/mol. The van der Waals surface area contributed by atoms with Crippen molar-refractivity contribution in [2.24, 2.45) is 0 Å². The Hall–Kier alpha value is -3.10. The van der Waals surface area contributed by atoms with E-state index in [4.69, 9.17) is 27.9 Å². The van der Waals surface area contributed by atoms with Crippen molar-refractivity contribution in [2.45, 2.75) is 13.1 Å². The topological polar surface area (TPSA) is 101 Å². The molecule has 0 unspecified atom stereocenters. The molecule has 1 aromatic heterocycles. The highest BCUT2D eigenvalue weighted by Crippen LogP contribution is 2.23. The Kier molecular flexibility index (Phi) is 6.59. The van der Waals surface area contributed by atoms with Gasteiger partial charge in [-0.15, -0.1) is 0 Å². The summed E-state index contributed by atoms with van der Waals surface area (Å²) in [5.74, 6) is -1.28. The van der Waals surface area contributed by atoms with Gasteiger partial charge in [0, 0.05) is 13.6 Å². The number of aromatic amines is 1. The van der Waals surface area contributed by atoms with E-state index in [1.165, 1.54) is 17.0 Å². The van der Waals surface area contributed by atoms with E-state index in [-0.39, 0.29) is 17.3 Å². The standard InChI is InChI=1S/C20H17Cl2N3O5/c1-24(9-12-6-7-15(21)16(22)8-12)17(26)11-30-18(27)10-25-20(29)14-5-3-2-4-13(14)19(28)23-25/h2-8H,9-11H2,1H3,(H,23,28). The molecule has 156 valence electrons. The monoisotopic (exact) mass is 449 g/mol. The summed E-state index contributed by atoms with van der Waals surface area (Å²) < 4.78 is 5.82. The number of amides is 1. The molecular weight excluding hydrogens is 433 g/mol. The van der Waals surface area contributed by atoms with Crippen LogP contribution in [0.2, 0.25) is 10.0 Å². The highest BCUT2D eigenvalue weighted by molar-refractivity contribution is 6.42. The molecule has 0 radical (unpaired) electrons. The number of esters is 1. The van der Waals surface area contributed by atoms with Crippen LogP contribution in [0.3, 0.4) is 0 Å². The second kappa shape index (κ2) is 9.15. The number of carbonyl (C=O) groups is 2. The molecule has 1 N–H and O–H groups in total. The number of carbonyl (C=O) groups excluding carboxylic acids is 2. The first-order valence-corrected chi connectivity index (χ1v) is 9.57. The smallest absolute Gasteiger partial charge is 0.328 e. The van der Waals surface area contributed by atoms with Gasteiger partial charge in [-0.1, -0.05) is 41.4 Å². The number of rotatable bonds is 6. The maximum absolute atomic E-state index is 12.4. The summed E-state index contributed by atoms with van der Waals surface area (Å²) in [6.07, 6.45) is 0. The fraction of sp³-hybridized carbons (Fsp3) is 0.200. The second-order valence-corrected chi connectivity index (χ2v) is 7.35. The number of nitrogens with zero attached hydrogens (tertiary/aromatic N) is 2. The first-order valence-electron chi connectivity index (χ1n) is 8.81. The lowest BCUT2D eigenvalue weighted by molar-refractivity contribution is -0.152. The number of halogens is 2. The molecule has 0 bridgehead atoms. The van der Waals surface area contributed by atoms with Crippen molar-refractivity contribution >= 4 is 45.9 Å². The van der Waals surface area contributed by atoms with Crippen molar-refractivity contribution in [1.29, 1.82) is 0 Å². The van der Waals surface area contributed by atoms with Crippen LogP contribution in [0.4, 0.5) is 0 Å². The zero-order chi connectivity index (χ0) is 21.8. The minimum atomic E-state index is -0.834. The normalized spacial score (nSPS) is 10.8. The van der Waals surface area contributed by atoms with Crippen LogP contribution in [0.1, 0.15) is 5.56 Å². The minimum Gasteiger partial charge on any atom is -0.454 e. The van der Waals surface area contributed by atoms with Crippen LogP contribution in [0.5, 0.6) is 0 Å². The molecule has 1 amide bonds. The summed E-state index contributed by atoms with van der Waals surface area (Å²) in [5.41, 5.74) is -0.285. The molecule has 10 heteroatoms. The largest absolute Gasteiger partial charge is 0.454 e. The van der Waals surface area contributed by atoms with E-state index < -0.39 is 36.1 Å². The van der Waals surface area contributed by atoms with Crippen LogP contribution in [-0.4, -0.2) is 40.2 Å². The van der Waals surface area contributed by atoms with E-state index in [2.05, 4.69) is 5.10 Å².